The first-order valence-electron chi connectivity index (χ1n) is 6.04. The largest absolute Gasteiger partial charge is 0.445 e. The fourth-order valence-electron chi connectivity index (χ4n) is 2.10. The Labute approximate surface area is 106 Å². The zero-order chi connectivity index (χ0) is 13.0. The molecule has 18 heavy (non-hydrogen) atoms. The Balaban J connectivity index is 1.85. The highest BCUT2D eigenvalue weighted by Gasteiger charge is 2.33. The van der Waals surface area contributed by atoms with Crippen LogP contribution in [0, 0.1) is 5.92 Å². The standard InChI is InChI=1S/C13H18N2O3/c14-12-6-11(8-16)7-15(12)13(17)18-9-10-4-2-1-3-5-10/h1-5,11-12,16H,6-9,14H2. The lowest BCUT2D eigenvalue weighted by atomic mass is 10.1. The van der Waals surface area contributed by atoms with Gasteiger partial charge in [-0.15, -0.1) is 0 Å². The number of nitrogens with zero attached hydrogens (tertiary/aromatic N) is 1. The summed E-state index contributed by atoms with van der Waals surface area (Å²) in [6.45, 7) is 0.758. The van der Waals surface area contributed by atoms with Gasteiger partial charge in [-0.2, -0.15) is 0 Å². The summed E-state index contributed by atoms with van der Waals surface area (Å²) in [7, 11) is 0. The molecule has 1 amide bonds. The van der Waals surface area contributed by atoms with Crippen molar-refractivity contribution >= 4 is 6.09 Å². The fraction of sp³-hybridized carbons (Fsp3) is 0.462. The second-order valence-electron chi connectivity index (χ2n) is 4.54. The van der Waals surface area contributed by atoms with Crippen LogP contribution in [0.1, 0.15) is 12.0 Å². The molecule has 1 aromatic rings. The molecule has 0 aliphatic carbocycles. The summed E-state index contributed by atoms with van der Waals surface area (Å²) >= 11 is 0. The summed E-state index contributed by atoms with van der Waals surface area (Å²) in [6.07, 6.45) is -0.149. The number of amides is 1. The number of aliphatic hydroxyl groups is 1. The topological polar surface area (TPSA) is 75.8 Å². The van der Waals surface area contributed by atoms with Crippen molar-refractivity contribution in [1.29, 1.82) is 0 Å². The third kappa shape index (κ3) is 3.00. The van der Waals surface area contributed by atoms with E-state index in [0.717, 1.165) is 5.56 Å². The van der Waals surface area contributed by atoms with Gasteiger partial charge in [0.05, 0.1) is 6.17 Å². The summed E-state index contributed by atoms with van der Waals surface area (Å²) in [6, 6.07) is 9.49. The molecular formula is C13H18N2O3. The molecule has 0 radical (unpaired) electrons. The maximum Gasteiger partial charge on any atom is 0.411 e. The Morgan fingerprint density at radius 3 is 2.78 bits per heavy atom. The zero-order valence-corrected chi connectivity index (χ0v) is 10.2. The van der Waals surface area contributed by atoms with Crippen LogP contribution in [0.5, 0.6) is 0 Å². The molecule has 1 aliphatic rings. The van der Waals surface area contributed by atoms with E-state index in [2.05, 4.69) is 0 Å². The molecule has 1 saturated heterocycles. The van der Waals surface area contributed by atoms with Crippen molar-refractivity contribution in [2.45, 2.75) is 19.2 Å². The van der Waals surface area contributed by atoms with Gasteiger partial charge in [0.25, 0.3) is 0 Å². The Morgan fingerprint density at radius 1 is 1.44 bits per heavy atom. The summed E-state index contributed by atoms with van der Waals surface area (Å²) in [4.78, 5) is 13.3. The summed E-state index contributed by atoms with van der Waals surface area (Å²) in [5, 5.41) is 9.06. The quantitative estimate of drug-likeness (QED) is 0.836. The van der Waals surface area contributed by atoms with Crippen LogP contribution in [0.3, 0.4) is 0 Å². The zero-order valence-electron chi connectivity index (χ0n) is 10.2. The van der Waals surface area contributed by atoms with E-state index in [9.17, 15) is 4.79 Å². The first kappa shape index (κ1) is 12.9. The van der Waals surface area contributed by atoms with Crippen LogP contribution in [0.15, 0.2) is 30.3 Å². The monoisotopic (exact) mass is 250 g/mol. The molecule has 2 rings (SSSR count). The van der Waals surface area contributed by atoms with E-state index in [1.54, 1.807) is 0 Å². The van der Waals surface area contributed by atoms with Gasteiger partial charge in [-0.3, -0.25) is 4.90 Å². The molecule has 1 aromatic carbocycles. The first-order chi connectivity index (χ1) is 8.70. The highest BCUT2D eigenvalue weighted by atomic mass is 16.6. The maximum atomic E-state index is 11.8. The molecule has 2 unspecified atom stereocenters. The lowest BCUT2D eigenvalue weighted by Crippen LogP contribution is -2.41. The molecule has 2 atom stereocenters. The first-order valence-corrected chi connectivity index (χ1v) is 6.04. The van der Waals surface area contributed by atoms with Gasteiger partial charge in [0, 0.05) is 19.1 Å². The number of nitrogens with two attached hydrogens (primary N) is 1. The number of benzene rings is 1. The lowest BCUT2D eigenvalue weighted by Gasteiger charge is -2.20. The number of carbonyl (C=O) groups is 1. The number of rotatable bonds is 3. The minimum absolute atomic E-state index is 0.0518. The molecule has 98 valence electrons. The van der Waals surface area contributed by atoms with Crippen molar-refractivity contribution in [2.75, 3.05) is 13.2 Å². The van der Waals surface area contributed by atoms with Gasteiger partial charge >= 0.3 is 6.09 Å². The van der Waals surface area contributed by atoms with Gasteiger partial charge in [0.2, 0.25) is 0 Å². The highest BCUT2D eigenvalue weighted by Crippen LogP contribution is 2.20. The van der Waals surface area contributed by atoms with Crippen molar-refractivity contribution in [3.05, 3.63) is 35.9 Å². The normalized spacial score (nSPS) is 23.1. The molecule has 0 aromatic heterocycles. The third-order valence-electron chi connectivity index (χ3n) is 3.13. The van der Waals surface area contributed by atoms with Gasteiger partial charge in [0.15, 0.2) is 0 Å². The van der Waals surface area contributed by atoms with Crippen molar-refractivity contribution in [3.8, 4) is 0 Å². The van der Waals surface area contributed by atoms with Crippen LogP contribution >= 0.6 is 0 Å². The van der Waals surface area contributed by atoms with E-state index < -0.39 is 6.09 Å². The Hall–Kier alpha value is -1.59. The van der Waals surface area contributed by atoms with E-state index in [1.807, 2.05) is 30.3 Å². The predicted molar refractivity (Wildman–Crippen MR) is 66.5 cm³/mol. The van der Waals surface area contributed by atoms with Crippen LogP contribution in [-0.4, -0.2) is 35.4 Å². The molecule has 1 aliphatic heterocycles. The van der Waals surface area contributed by atoms with Crippen molar-refractivity contribution in [1.82, 2.24) is 4.90 Å². The Morgan fingerprint density at radius 2 is 2.17 bits per heavy atom. The highest BCUT2D eigenvalue weighted by molar-refractivity contribution is 5.68. The second-order valence-corrected chi connectivity index (χ2v) is 4.54. The van der Waals surface area contributed by atoms with Gasteiger partial charge < -0.3 is 15.6 Å². The van der Waals surface area contributed by atoms with E-state index in [4.69, 9.17) is 15.6 Å². The number of likely N-dealkylation sites (tertiary alicyclic amines) is 1. The summed E-state index contributed by atoms with van der Waals surface area (Å²) in [5.74, 6) is 0.0595. The van der Waals surface area contributed by atoms with Crippen molar-refractivity contribution in [3.63, 3.8) is 0 Å². The molecule has 5 nitrogen and oxygen atoms in total. The van der Waals surface area contributed by atoms with E-state index in [-0.39, 0.29) is 25.3 Å². The number of hydrogen-bond donors (Lipinski definition) is 2. The average molecular weight is 250 g/mol. The molecule has 0 saturated carbocycles. The van der Waals surface area contributed by atoms with Crippen LogP contribution < -0.4 is 5.73 Å². The molecule has 0 spiro atoms. The molecule has 3 N–H and O–H groups in total. The minimum Gasteiger partial charge on any atom is -0.445 e. The van der Waals surface area contributed by atoms with Gasteiger partial charge in [0.1, 0.15) is 6.61 Å². The van der Waals surface area contributed by atoms with Crippen LogP contribution in [0.25, 0.3) is 0 Å². The summed E-state index contributed by atoms with van der Waals surface area (Å²) < 4.78 is 5.20. The van der Waals surface area contributed by atoms with Gasteiger partial charge in [-0.1, -0.05) is 30.3 Å². The summed E-state index contributed by atoms with van der Waals surface area (Å²) in [5.41, 5.74) is 6.77. The fourth-order valence-corrected chi connectivity index (χ4v) is 2.10. The van der Waals surface area contributed by atoms with Gasteiger partial charge in [-0.25, -0.2) is 4.79 Å². The third-order valence-corrected chi connectivity index (χ3v) is 3.13. The number of carbonyl (C=O) groups excluding carboxylic acids is 1. The number of aliphatic hydroxyl groups excluding tert-OH is 1. The van der Waals surface area contributed by atoms with Gasteiger partial charge in [-0.05, 0) is 12.0 Å². The molecule has 5 heteroatoms. The molecular weight excluding hydrogens is 232 g/mol. The van der Waals surface area contributed by atoms with E-state index >= 15 is 0 Å². The average Bonchev–Trinajstić information content (AvgIpc) is 2.78. The molecule has 1 heterocycles. The number of hydrogen-bond acceptors (Lipinski definition) is 4. The SMILES string of the molecule is NC1CC(CO)CN1C(=O)OCc1ccccc1. The number of ether oxygens (including phenoxy) is 1. The van der Waals surface area contributed by atoms with Crippen molar-refractivity contribution in [2.24, 2.45) is 11.7 Å². The minimum atomic E-state index is -0.415. The van der Waals surface area contributed by atoms with Crippen LogP contribution in [-0.2, 0) is 11.3 Å². The predicted octanol–water partition coefficient (Wildman–Crippen LogP) is 0.922. The Kier molecular flexibility index (Phi) is 4.17. The van der Waals surface area contributed by atoms with Crippen LogP contribution in [0.4, 0.5) is 4.79 Å². The van der Waals surface area contributed by atoms with Crippen LogP contribution in [0.2, 0.25) is 0 Å². The van der Waals surface area contributed by atoms with Crippen molar-refractivity contribution < 1.29 is 14.6 Å². The lowest BCUT2D eigenvalue weighted by molar-refractivity contribution is 0.0912. The molecule has 0 bridgehead atoms. The molecule has 1 fully saturated rings. The van der Waals surface area contributed by atoms with E-state index in [1.165, 1.54) is 4.90 Å². The maximum absolute atomic E-state index is 11.8. The Bertz CT molecular complexity index is 396. The second kappa shape index (κ2) is 5.84. The van der Waals surface area contributed by atoms with E-state index in [0.29, 0.717) is 13.0 Å². The smallest absolute Gasteiger partial charge is 0.411 e.